The van der Waals surface area contributed by atoms with Gasteiger partial charge in [0, 0.05) is 30.2 Å². The first-order chi connectivity index (χ1) is 15.0. The molecule has 0 aromatic carbocycles. The van der Waals surface area contributed by atoms with E-state index in [2.05, 4.69) is 32.7 Å². The van der Waals surface area contributed by atoms with Crippen LogP contribution >= 0.6 is 0 Å². The van der Waals surface area contributed by atoms with Gasteiger partial charge in [-0.2, -0.15) is 0 Å². The van der Waals surface area contributed by atoms with Gasteiger partial charge in [-0.05, 0) is 61.6 Å². The molecule has 1 aliphatic heterocycles. The monoisotopic (exact) mass is 423 g/mol. The van der Waals surface area contributed by atoms with Gasteiger partial charge in [0.1, 0.15) is 5.82 Å². The summed E-state index contributed by atoms with van der Waals surface area (Å²) in [6, 6.07) is 7.27. The molecule has 0 fully saturated rings. The van der Waals surface area contributed by atoms with Gasteiger partial charge in [0.15, 0.2) is 0 Å². The number of aryl methyl sites for hydroxylation is 2. The fourth-order valence-electron chi connectivity index (χ4n) is 3.48. The first kappa shape index (κ1) is 22.3. The Hall–Kier alpha value is -3.42. The molecule has 0 bridgehead atoms. The fraction of sp³-hybridized carbons (Fsp3) is 0.391. The van der Waals surface area contributed by atoms with E-state index < -0.39 is 12.0 Å². The Morgan fingerprint density at radius 1 is 1.39 bits per heavy atom. The van der Waals surface area contributed by atoms with E-state index in [0.29, 0.717) is 18.0 Å². The van der Waals surface area contributed by atoms with Crippen molar-refractivity contribution >= 4 is 17.5 Å². The van der Waals surface area contributed by atoms with Crippen molar-refractivity contribution in [3.8, 4) is 5.88 Å². The van der Waals surface area contributed by atoms with E-state index in [9.17, 15) is 9.90 Å². The molecule has 4 N–H and O–H groups in total. The second-order valence-electron chi connectivity index (χ2n) is 7.50. The number of pyridine rings is 2. The van der Waals surface area contributed by atoms with Crippen molar-refractivity contribution < 1.29 is 14.6 Å². The molecule has 0 aliphatic carbocycles. The molecular formula is C23H29N5O3. The number of hydrogen-bond acceptors (Lipinski definition) is 7. The number of aromatic nitrogens is 2. The fourth-order valence-corrected chi connectivity index (χ4v) is 3.48. The van der Waals surface area contributed by atoms with Gasteiger partial charge in [-0.25, -0.2) is 9.97 Å². The van der Waals surface area contributed by atoms with E-state index in [1.807, 2.05) is 0 Å². The molecule has 8 nitrogen and oxygen atoms in total. The minimum atomic E-state index is -0.913. The second-order valence-corrected chi connectivity index (χ2v) is 7.50. The summed E-state index contributed by atoms with van der Waals surface area (Å²) in [6.45, 7) is 0.974. The number of nitrogens with one attached hydrogen (secondary N) is 3. The zero-order chi connectivity index (χ0) is 22.1. The van der Waals surface area contributed by atoms with Crippen LogP contribution in [0.3, 0.4) is 0 Å². The third-order valence-electron chi connectivity index (χ3n) is 5.16. The quantitative estimate of drug-likeness (QED) is 0.408. The van der Waals surface area contributed by atoms with Crippen LogP contribution in [0.4, 0.5) is 5.82 Å². The molecule has 164 valence electrons. The number of hydrogen-bond donors (Lipinski definition) is 4. The maximum atomic E-state index is 11.2. The molecule has 2 aromatic rings. The Morgan fingerprint density at radius 3 is 3.00 bits per heavy atom. The number of fused-ring (bicyclic) bond motifs is 1. The molecule has 0 saturated carbocycles. The van der Waals surface area contributed by atoms with Crippen LogP contribution in [0.25, 0.3) is 0 Å². The molecule has 1 atom stereocenters. The lowest BCUT2D eigenvalue weighted by Crippen LogP contribution is -2.19. The molecule has 3 rings (SSSR count). The number of aliphatic carboxylic acids is 1. The minimum absolute atomic E-state index is 0.0935. The van der Waals surface area contributed by atoms with Gasteiger partial charge in [0.25, 0.3) is 0 Å². The Labute approximate surface area is 182 Å². The van der Waals surface area contributed by atoms with Crippen molar-refractivity contribution in [2.75, 3.05) is 19.0 Å². The average Bonchev–Trinajstić information content (AvgIpc) is 2.78. The summed E-state index contributed by atoms with van der Waals surface area (Å²) in [5.41, 5.74) is 3.54. The molecule has 3 heterocycles. The summed E-state index contributed by atoms with van der Waals surface area (Å²) in [6.07, 6.45) is 9.31. The van der Waals surface area contributed by atoms with Gasteiger partial charge in [-0.15, -0.1) is 0 Å². The summed E-state index contributed by atoms with van der Waals surface area (Å²) in [7, 11) is 1.53. The molecular weight excluding hydrogens is 394 g/mol. The van der Waals surface area contributed by atoms with Crippen LogP contribution in [0.2, 0.25) is 0 Å². The molecule has 1 aliphatic rings. The smallest absolute Gasteiger partial charge is 0.305 e. The van der Waals surface area contributed by atoms with Crippen LogP contribution < -0.4 is 15.4 Å². The van der Waals surface area contributed by atoms with E-state index in [1.165, 1.54) is 12.7 Å². The van der Waals surface area contributed by atoms with Crippen molar-refractivity contribution in [3.05, 3.63) is 59.6 Å². The number of carboxylic acids is 1. The number of rotatable bonds is 11. The number of anilines is 1. The highest BCUT2D eigenvalue weighted by molar-refractivity contribution is 5.92. The molecule has 31 heavy (non-hydrogen) atoms. The lowest BCUT2D eigenvalue weighted by molar-refractivity contribution is -0.137. The lowest BCUT2D eigenvalue weighted by Gasteiger charge is -2.17. The number of ether oxygens (including phenoxy) is 1. The van der Waals surface area contributed by atoms with Gasteiger partial charge >= 0.3 is 5.97 Å². The highest BCUT2D eigenvalue weighted by Gasteiger charge is 2.15. The molecule has 2 aromatic heterocycles. The molecule has 0 radical (unpaired) electrons. The van der Waals surface area contributed by atoms with E-state index in [4.69, 9.17) is 10.1 Å². The zero-order valence-corrected chi connectivity index (χ0v) is 17.7. The van der Waals surface area contributed by atoms with Gasteiger partial charge < -0.3 is 25.9 Å². The number of allylic oxidation sites excluding steroid dienone is 1. The van der Waals surface area contributed by atoms with E-state index >= 15 is 0 Å². The largest absolute Gasteiger partial charge is 0.481 e. The number of carbonyl (C=O) groups is 1. The Balaban J connectivity index is 1.47. The predicted octanol–water partition coefficient (Wildman–Crippen LogP) is 3.51. The topological polar surface area (TPSA) is 120 Å². The first-order valence-corrected chi connectivity index (χ1v) is 10.5. The molecule has 0 spiro atoms. The lowest BCUT2D eigenvalue weighted by atomic mass is 10.0. The maximum Gasteiger partial charge on any atom is 0.305 e. The Bertz CT molecular complexity index is 927. The average molecular weight is 424 g/mol. The third-order valence-corrected chi connectivity index (χ3v) is 5.16. The Morgan fingerprint density at radius 2 is 2.26 bits per heavy atom. The molecule has 0 saturated heterocycles. The van der Waals surface area contributed by atoms with Gasteiger partial charge in [0.05, 0.1) is 19.6 Å². The van der Waals surface area contributed by atoms with E-state index in [0.717, 1.165) is 49.3 Å². The standard InChI is InChI=1S/C23H29N5O3/c1-31-21-10-8-17(15-27-21)20(14-22(29)30)25-13-11-18(24)5-2-6-19-9-7-16-4-3-12-26-23(16)28-19/h7-11,13,15,20,24-25H,2-6,12,14H2,1H3,(H,26,28)(H,29,30)/b13-11-,24-18?. The van der Waals surface area contributed by atoms with E-state index in [-0.39, 0.29) is 6.42 Å². The normalized spacial score (nSPS) is 13.8. The van der Waals surface area contributed by atoms with E-state index in [1.54, 1.807) is 30.6 Å². The summed E-state index contributed by atoms with van der Waals surface area (Å²) >= 11 is 0. The van der Waals surface area contributed by atoms with Crippen LogP contribution in [0, 0.1) is 5.41 Å². The number of carboxylic acid groups (broad SMARTS) is 1. The minimum Gasteiger partial charge on any atom is -0.481 e. The van der Waals surface area contributed by atoms with Crippen molar-refractivity contribution in [1.29, 1.82) is 5.41 Å². The maximum absolute atomic E-state index is 11.2. The second kappa shape index (κ2) is 11.1. The first-order valence-electron chi connectivity index (χ1n) is 10.5. The van der Waals surface area contributed by atoms with Gasteiger partial charge in [0.2, 0.25) is 5.88 Å². The van der Waals surface area contributed by atoms with Crippen LogP contribution in [0.15, 0.2) is 42.7 Å². The van der Waals surface area contributed by atoms with Crippen molar-refractivity contribution in [3.63, 3.8) is 0 Å². The predicted molar refractivity (Wildman–Crippen MR) is 120 cm³/mol. The Kier molecular flexibility index (Phi) is 7.98. The summed E-state index contributed by atoms with van der Waals surface area (Å²) in [5.74, 6) is 0.559. The highest BCUT2D eigenvalue weighted by Crippen LogP contribution is 2.21. The molecule has 1 unspecified atom stereocenters. The van der Waals surface area contributed by atoms with Crippen LogP contribution in [0.1, 0.15) is 48.5 Å². The van der Waals surface area contributed by atoms with Gasteiger partial charge in [-0.3, -0.25) is 4.79 Å². The van der Waals surface area contributed by atoms with Crippen molar-refractivity contribution in [1.82, 2.24) is 15.3 Å². The number of nitrogens with zero attached hydrogens (tertiary/aromatic N) is 2. The SMILES string of the molecule is COc1ccc(C(CC(=O)O)N/C=C\C(=N)CCCc2ccc3c(n2)NCCC3)cn1. The van der Waals surface area contributed by atoms with Crippen molar-refractivity contribution in [2.24, 2.45) is 0 Å². The molecule has 0 amide bonds. The molecule has 8 heteroatoms. The van der Waals surface area contributed by atoms with Crippen LogP contribution in [0.5, 0.6) is 5.88 Å². The summed E-state index contributed by atoms with van der Waals surface area (Å²) in [4.78, 5) is 20.0. The third kappa shape index (κ3) is 6.80. The van der Waals surface area contributed by atoms with Crippen molar-refractivity contribution in [2.45, 2.75) is 44.6 Å². The summed E-state index contributed by atoms with van der Waals surface area (Å²) in [5, 5.41) is 23.8. The number of methoxy groups -OCH3 is 1. The van der Waals surface area contributed by atoms with Gasteiger partial charge in [-0.1, -0.05) is 12.1 Å². The van der Waals surface area contributed by atoms with Crippen LogP contribution in [-0.2, 0) is 17.6 Å². The highest BCUT2D eigenvalue weighted by atomic mass is 16.5. The zero-order valence-electron chi connectivity index (χ0n) is 17.7. The summed E-state index contributed by atoms with van der Waals surface area (Å²) < 4.78 is 5.04. The van der Waals surface area contributed by atoms with Crippen LogP contribution in [-0.4, -0.2) is 40.4 Å².